The molecule has 1 saturated carbocycles. The molecule has 1 atom stereocenters. The van der Waals surface area contributed by atoms with Gasteiger partial charge in [0.1, 0.15) is 11.9 Å². The van der Waals surface area contributed by atoms with E-state index in [0.717, 1.165) is 24.5 Å². The smallest absolute Gasteiger partial charge is 0.351 e. The molecule has 6 rings (SSSR count). The Hall–Kier alpha value is -3.16. The Kier molecular flexibility index (Phi) is 6.40. The van der Waals surface area contributed by atoms with Crippen LogP contribution in [0.25, 0.3) is 11.3 Å². The molecular weight excluding hydrogens is 538 g/mol. The minimum atomic E-state index is -4.68. The predicted molar refractivity (Wildman–Crippen MR) is 123 cm³/mol. The number of halogens is 5. The van der Waals surface area contributed by atoms with Crippen LogP contribution in [0.4, 0.5) is 17.6 Å². The number of benzene rings is 1. The summed E-state index contributed by atoms with van der Waals surface area (Å²) in [6, 6.07) is 4.67. The van der Waals surface area contributed by atoms with Crippen molar-refractivity contribution in [1.29, 1.82) is 0 Å². The zero-order valence-corrected chi connectivity index (χ0v) is 20.4. The Labute approximate surface area is 213 Å². The summed E-state index contributed by atoms with van der Waals surface area (Å²) in [7, 11) is -4.03. The molecule has 1 amide bonds. The van der Waals surface area contributed by atoms with Gasteiger partial charge in [-0.3, -0.25) is 9.78 Å². The van der Waals surface area contributed by atoms with Gasteiger partial charge in [-0.15, -0.1) is 0 Å². The van der Waals surface area contributed by atoms with Gasteiger partial charge in [0.2, 0.25) is 21.8 Å². The number of aromatic nitrogens is 3. The molecule has 1 aliphatic carbocycles. The summed E-state index contributed by atoms with van der Waals surface area (Å²) in [6.07, 6.45) is -0.329. The average molecular weight is 556 g/mol. The highest BCUT2D eigenvalue weighted by Gasteiger charge is 2.58. The maximum Gasteiger partial charge on any atom is 0.451 e. The van der Waals surface area contributed by atoms with Crippen LogP contribution in [-0.4, -0.2) is 45.7 Å². The number of alkyl halides is 3. The van der Waals surface area contributed by atoms with Gasteiger partial charge in [0, 0.05) is 36.7 Å². The van der Waals surface area contributed by atoms with Crippen LogP contribution in [0, 0.1) is 11.7 Å². The van der Waals surface area contributed by atoms with E-state index in [2.05, 4.69) is 20.3 Å². The summed E-state index contributed by atoms with van der Waals surface area (Å²) in [4.78, 5) is 23.8. The highest BCUT2D eigenvalue weighted by molar-refractivity contribution is 7.89. The first kappa shape index (κ1) is 25.5. The summed E-state index contributed by atoms with van der Waals surface area (Å²) in [5.41, 5.74) is 0.870. The SMILES string of the molecule is O=C(NCc1cc(-c2cnc(C(F)(F)F)nc2)ncc1Cl)C1C2CC(C2)N1S(=O)(=O)c1ccc(F)cc1. The van der Waals surface area contributed by atoms with Crippen LogP contribution in [0.3, 0.4) is 0 Å². The molecular formula is C23H18ClF4N5O3S. The first-order chi connectivity index (χ1) is 17.4. The summed E-state index contributed by atoms with van der Waals surface area (Å²) in [5, 5.41) is 2.91. The quantitative estimate of drug-likeness (QED) is 0.464. The largest absolute Gasteiger partial charge is 0.451 e. The Morgan fingerprint density at radius 3 is 2.35 bits per heavy atom. The Balaban J connectivity index is 1.32. The second-order valence-electron chi connectivity index (χ2n) is 8.79. The van der Waals surface area contributed by atoms with Crippen molar-refractivity contribution in [3.63, 3.8) is 0 Å². The number of nitrogens with one attached hydrogen (secondary N) is 1. The minimum Gasteiger partial charge on any atom is -0.351 e. The molecule has 2 aliphatic heterocycles. The van der Waals surface area contributed by atoms with Crippen molar-refractivity contribution in [2.24, 2.45) is 5.92 Å². The first-order valence-corrected chi connectivity index (χ1v) is 12.9. The van der Waals surface area contributed by atoms with Gasteiger partial charge in [-0.2, -0.15) is 17.5 Å². The molecule has 1 unspecified atom stereocenters. The maximum absolute atomic E-state index is 13.3. The third kappa shape index (κ3) is 4.78. The van der Waals surface area contributed by atoms with Crippen molar-refractivity contribution in [3.8, 4) is 11.3 Å². The lowest BCUT2D eigenvalue weighted by atomic mass is 9.83. The van der Waals surface area contributed by atoms with E-state index in [1.54, 1.807) is 0 Å². The number of nitrogens with zero attached hydrogens (tertiary/aromatic N) is 4. The Morgan fingerprint density at radius 2 is 1.73 bits per heavy atom. The highest BCUT2D eigenvalue weighted by atomic mass is 35.5. The van der Waals surface area contributed by atoms with Crippen molar-refractivity contribution in [1.82, 2.24) is 24.6 Å². The maximum atomic E-state index is 13.3. The number of hydrogen-bond acceptors (Lipinski definition) is 6. The number of rotatable bonds is 6. The number of fused-ring (bicyclic) bond motifs is 1. The van der Waals surface area contributed by atoms with Gasteiger partial charge in [-0.05, 0) is 54.7 Å². The summed E-state index contributed by atoms with van der Waals surface area (Å²) in [6.45, 7) is -0.0764. The highest BCUT2D eigenvalue weighted by Crippen LogP contribution is 2.48. The van der Waals surface area contributed by atoms with E-state index in [9.17, 15) is 30.8 Å². The van der Waals surface area contributed by atoms with Gasteiger partial charge < -0.3 is 5.32 Å². The van der Waals surface area contributed by atoms with Gasteiger partial charge in [-0.1, -0.05) is 11.6 Å². The Bertz CT molecular complexity index is 1450. The van der Waals surface area contributed by atoms with Crippen molar-refractivity contribution < 1.29 is 30.8 Å². The van der Waals surface area contributed by atoms with Crippen LogP contribution in [0.1, 0.15) is 24.2 Å². The molecule has 4 heterocycles. The van der Waals surface area contributed by atoms with Gasteiger partial charge >= 0.3 is 6.18 Å². The van der Waals surface area contributed by atoms with Crippen molar-refractivity contribution in [3.05, 3.63) is 71.2 Å². The number of carbonyl (C=O) groups is 1. The van der Waals surface area contributed by atoms with Crippen molar-refractivity contribution in [2.45, 2.75) is 42.5 Å². The molecule has 2 bridgehead atoms. The predicted octanol–water partition coefficient (Wildman–Crippen LogP) is 3.82. The second-order valence-corrected chi connectivity index (χ2v) is 11.0. The van der Waals surface area contributed by atoms with E-state index in [4.69, 9.17) is 11.6 Å². The normalized spacial score (nSPS) is 21.5. The lowest BCUT2D eigenvalue weighted by molar-refractivity contribution is -0.145. The average Bonchev–Trinajstić information content (AvgIpc) is 3.41. The summed E-state index contributed by atoms with van der Waals surface area (Å²) >= 11 is 6.21. The molecule has 2 aromatic heterocycles. The summed E-state index contributed by atoms with van der Waals surface area (Å²) < 4.78 is 79.1. The minimum absolute atomic E-state index is 0.0764. The third-order valence-corrected chi connectivity index (χ3v) is 8.77. The second kappa shape index (κ2) is 9.30. The van der Waals surface area contributed by atoms with E-state index in [0.29, 0.717) is 18.4 Å². The van der Waals surface area contributed by atoms with Gasteiger partial charge in [0.05, 0.1) is 15.6 Å². The zero-order chi connectivity index (χ0) is 26.5. The van der Waals surface area contributed by atoms with Crippen LogP contribution >= 0.6 is 11.6 Å². The Morgan fingerprint density at radius 1 is 1.08 bits per heavy atom. The number of pyridine rings is 1. The topological polar surface area (TPSA) is 105 Å². The zero-order valence-electron chi connectivity index (χ0n) is 18.8. The monoisotopic (exact) mass is 555 g/mol. The van der Waals surface area contributed by atoms with E-state index >= 15 is 0 Å². The van der Waals surface area contributed by atoms with Gasteiger partial charge in [0.25, 0.3) is 0 Å². The van der Waals surface area contributed by atoms with Crippen molar-refractivity contribution in [2.75, 3.05) is 0 Å². The fraction of sp³-hybridized carbons (Fsp3) is 0.304. The van der Waals surface area contributed by atoms with E-state index in [1.165, 1.54) is 28.7 Å². The van der Waals surface area contributed by atoms with Gasteiger partial charge in [0.15, 0.2) is 0 Å². The van der Waals surface area contributed by atoms with Crippen LogP contribution < -0.4 is 5.32 Å². The van der Waals surface area contributed by atoms with Gasteiger partial charge in [-0.25, -0.2) is 22.8 Å². The molecule has 2 saturated heterocycles. The number of amides is 1. The van der Waals surface area contributed by atoms with E-state index < -0.39 is 39.8 Å². The van der Waals surface area contributed by atoms with Crippen molar-refractivity contribution >= 4 is 27.5 Å². The molecule has 1 N–H and O–H groups in total. The van der Waals surface area contributed by atoms with Crippen LogP contribution in [0.2, 0.25) is 5.02 Å². The molecule has 3 aromatic rings. The molecule has 194 valence electrons. The molecule has 0 radical (unpaired) electrons. The van der Waals surface area contributed by atoms with E-state index in [1.807, 2.05) is 0 Å². The molecule has 3 fully saturated rings. The lowest BCUT2D eigenvalue weighted by Crippen LogP contribution is -2.46. The third-order valence-electron chi connectivity index (χ3n) is 6.48. The molecule has 3 aliphatic rings. The molecule has 14 heteroatoms. The summed E-state index contributed by atoms with van der Waals surface area (Å²) in [5.74, 6) is -2.51. The van der Waals surface area contributed by atoms with Crippen LogP contribution in [-0.2, 0) is 27.5 Å². The lowest BCUT2D eigenvalue weighted by Gasteiger charge is -2.25. The standard InChI is InChI=1S/C23H18ClF4N5O3S/c24-18-11-29-19(14-9-31-22(32-10-14)23(26,27)28)7-13(18)8-30-21(34)20-12-5-16(6-12)33(20)37(35,36)17-3-1-15(25)2-4-17/h1-4,7,9-12,16,20H,5-6,8H2,(H,30,34). The van der Waals surface area contributed by atoms with Crippen LogP contribution in [0.5, 0.6) is 0 Å². The molecule has 8 nitrogen and oxygen atoms in total. The van der Waals surface area contributed by atoms with Crippen LogP contribution in [0.15, 0.2) is 53.8 Å². The molecule has 1 aromatic carbocycles. The number of sulfonamides is 1. The first-order valence-electron chi connectivity index (χ1n) is 11.1. The van der Waals surface area contributed by atoms with E-state index in [-0.39, 0.29) is 39.7 Å². The number of carbonyl (C=O) groups excluding carboxylic acids is 1. The fourth-order valence-electron chi connectivity index (χ4n) is 4.60. The molecule has 0 spiro atoms. The number of hydrogen-bond donors (Lipinski definition) is 1. The molecule has 37 heavy (non-hydrogen) atoms. The fourth-order valence-corrected chi connectivity index (χ4v) is 6.63.